The monoisotopic (exact) mass is 393 g/mol. The van der Waals surface area contributed by atoms with Gasteiger partial charge in [0.2, 0.25) is 0 Å². The average molecular weight is 394 g/mol. The molecule has 1 aromatic heterocycles. The Hall–Kier alpha value is -1.60. The van der Waals surface area contributed by atoms with Crippen molar-refractivity contribution in [1.29, 1.82) is 0 Å². The van der Waals surface area contributed by atoms with E-state index in [2.05, 4.69) is 15.1 Å². The van der Waals surface area contributed by atoms with E-state index in [1.807, 2.05) is 18.2 Å². The average Bonchev–Trinajstić information content (AvgIpc) is 3.16. The molecule has 27 heavy (non-hydrogen) atoms. The fourth-order valence-corrected chi connectivity index (χ4v) is 3.58. The van der Waals surface area contributed by atoms with Crippen LogP contribution in [-0.2, 0) is 13.0 Å². The van der Waals surface area contributed by atoms with Crippen LogP contribution in [0, 0.1) is 0 Å². The number of ether oxygens (including phenoxy) is 1. The van der Waals surface area contributed by atoms with Crippen molar-refractivity contribution in [2.24, 2.45) is 0 Å². The van der Waals surface area contributed by atoms with Gasteiger partial charge in [-0.25, -0.2) is 0 Å². The Morgan fingerprint density at radius 2 is 2.04 bits per heavy atom. The van der Waals surface area contributed by atoms with Gasteiger partial charge in [0, 0.05) is 30.0 Å². The van der Waals surface area contributed by atoms with E-state index in [9.17, 15) is 10.2 Å². The first kappa shape index (κ1) is 20.1. The predicted octanol–water partition coefficient (Wildman–Crippen LogP) is 2.78. The summed E-state index contributed by atoms with van der Waals surface area (Å²) in [6.45, 7) is 2.48. The number of fused-ring (bicyclic) bond motifs is 1. The Kier molecular flexibility index (Phi) is 7.52. The maximum atomic E-state index is 10.3. The van der Waals surface area contributed by atoms with Gasteiger partial charge in [-0.05, 0) is 62.1 Å². The SMILES string of the molecule is O[C@@H]1COc2ccc(Cl)cc2CCCCCN(Cc2ccn[nH]2)CC[C@@H]1O. The van der Waals surface area contributed by atoms with Gasteiger partial charge in [0.25, 0.3) is 0 Å². The third-order valence-electron chi connectivity index (χ3n) is 4.99. The molecule has 0 radical (unpaired) electrons. The van der Waals surface area contributed by atoms with Crippen molar-refractivity contribution in [3.63, 3.8) is 0 Å². The van der Waals surface area contributed by atoms with Gasteiger partial charge in [-0.3, -0.25) is 10.00 Å². The highest BCUT2D eigenvalue weighted by atomic mass is 35.5. The maximum Gasteiger partial charge on any atom is 0.122 e. The molecule has 0 spiro atoms. The van der Waals surface area contributed by atoms with Crippen molar-refractivity contribution in [3.05, 3.63) is 46.7 Å². The number of rotatable bonds is 2. The van der Waals surface area contributed by atoms with E-state index in [1.165, 1.54) is 0 Å². The molecule has 7 heteroatoms. The first-order chi connectivity index (χ1) is 13.1. The molecule has 0 aliphatic carbocycles. The van der Waals surface area contributed by atoms with Gasteiger partial charge in [-0.1, -0.05) is 18.0 Å². The molecule has 3 N–H and O–H groups in total. The van der Waals surface area contributed by atoms with E-state index in [-0.39, 0.29) is 6.61 Å². The number of H-pyrrole nitrogens is 1. The lowest BCUT2D eigenvalue weighted by molar-refractivity contribution is -0.0163. The number of hydrogen-bond acceptors (Lipinski definition) is 5. The minimum Gasteiger partial charge on any atom is -0.491 e. The molecule has 1 aliphatic heterocycles. The zero-order valence-corrected chi connectivity index (χ0v) is 16.2. The van der Waals surface area contributed by atoms with Gasteiger partial charge >= 0.3 is 0 Å². The molecule has 6 nitrogen and oxygen atoms in total. The molecule has 2 atom stereocenters. The van der Waals surface area contributed by atoms with E-state index >= 15 is 0 Å². The van der Waals surface area contributed by atoms with Gasteiger partial charge in [0.05, 0.1) is 6.10 Å². The smallest absolute Gasteiger partial charge is 0.122 e. The van der Waals surface area contributed by atoms with Crippen LogP contribution in [0.5, 0.6) is 5.75 Å². The summed E-state index contributed by atoms with van der Waals surface area (Å²) in [6.07, 6.45) is 4.61. The fraction of sp³-hybridized carbons (Fsp3) is 0.550. The first-order valence-electron chi connectivity index (χ1n) is 9.60. The zero-order valence-electron chi connectivity index (χ0n) is 15.5. The van der Waals surface area contributed by atoms with Crippen LogP contribution in [0.2, 0.25) is 5.02 Å². The fourth-order valence-electron chi connectivity index (χ4n) is 3.39. The summed E-state index contributed by atoms with van der Waals surface area (Å²) in [5, 5.41) is 28.3. The summed E-state index contributed by atoms with van der Waals surface area (Å²) < 4.78 is 5.79. The maximum absolute atomic E-state index is 10.3. The Morgan fingerprint density at radius 1 is 1.15 bits per heavy atom. The number of aliphatic hydroxyl groups is 2. The lowest BCUT2D eigenvalue weighted by Gasteiger charge is -2.25. The van der Waals surface area contributed by atoms with Gasteiger partial charge in [-0.2, -0.15) is 5.10 Å². The van der Waals surface area contributed by atoms with E-state index in [4.69, 9.17) is 16.3 Å². The summed E-state index contributed by atoms with van der Waals surface area (Å²) in [5.74, 6) is 0.739. The number of halogens is 1. The molecule has 2 heterocycles. The standard InChI is InChI=1S/C20H28ClN3O3/c21-16-5-6-20-15(12-16)4-2-1-3-10-24(13-17-7-9-22-23-17)11-8-18(25)19(26)14-27-20/h5-7,9,12,18-19,25-26H,1-4,8,10-11,13-14H2,(H,22,23)/t18-,19+/m0/s1. The molecule has 0 unspecified atom stereocenters. The number of benzene rings is 1. The molecule has 0 saturated carbocycles. The molecule has 148 valence electrons. The Labute approximate surface area is 165 Å². The van der Waals surface area contributed by atoms with Crippen LogP contribution in [-0.4, -0.2) is 57.2 Å². The van der Waals surface area contributed by atoms with Crippen LogP contribution in [0.25, 0.3) is 0 Å². The van der Waals surface area contributed by atoms with Crippen LogP contribution in [0.3, 0.4) is 0 Å². The van der Waals surface area contributed by atoms with Crippen LogP contribution in [0.15, 0.2) is 30.5 Å². The number of aromatic amines is 1. The summed E-state index contributed by atoms with van der Waals surface area (Å²) in [7, 11) is 0. The second kappa shape index (κ2) is 10.1. The van der Waals surface area contributed by atoms with Crippen molar-refractivity contribution in [2.75, 3.05) is 19.7 Å². The highest BCUT2D eigenvalue weighted by molar-refractivity contribution is 6.30. The summed E-state index contributed by atoms with van der Waals surface area (Å²) >= 11 is 6.13. The predicted molar refractivity (Wildman–Crippen MR) is 105 cm³/mol. The first-order valence-corrected chi connectivity index (χ1v) is 9.97. The number of nitrogens with zero attached hydrogens (tertiary/aromatic N) is 2. The second-order valence-corrected chi connectivity index (χ2v) is 7.59. The zero-order chi connectivity index (χ0) is 19.1. The van der Waals surface area contributed by atoms with E-state index in [0.29, 0.717) is 18.0 Å². The number of aromatic nitrogens is 2. The van der Waals surface area contributed by atoms with Gasteiger partial charge in [0.1, 0.15) is 18.5 Å². The quantitative estimate of drug-likeness (QED) is 0.730. The minimum atomic E-state index is -0.925. The van der Waals surface area contributed by atoms with E-state index in [0.717, 1.165) is 55.8 Å². The third-order valence-corrected chi connectivity index (χ3v) is 5.23. The van der Waals surface area contributed by atoms with Crippen LogP contribution in [0.1, 0.15) is 36.9 Å². The summed E-state index contributed by atoms with van der Waals surface area (Å²) in [4.78, 5) is 2.29. The summed E-state index contributed by atoms with van der Waals surface area (Å²) in [6, 6.07) is 7.52. The lowest BCUT2D eigenvalue weighted by Crippen LogP contribution is -2.36. The molecule has 0 saturated heterocycles. The lowest BCUT2D eigenvalue weighted by atomic mass is 10.0. The van der Waals surface area contributed by atoms with Crippen LogP contribution < -0.4 is 4.74 Å². The number of hydrogen-bond donors (Lipinski definition) is 3. The Morgan fingerprint density at radius 3 is 2.85 bits per heavy atom. The highest BCUT2D eigenvalue weighted by Crippen LogP contribution is 2.25. The van der Waals surface area contributed by atoms with Crippen molar-refractivity contribution >= 4 is 11.6 Å². The van der Waals surface area contributed by atoms with Crippen molar-refractivity contribution in [2.45, 2.75) is 50.9 Å². The summed E-state index contributed by atoms with van der Waals surface area (Å²) in [5.41, 5.74) is 2.11. The topological polar surface area (TPSA) is 81.6 Å². The normalized spacial score (nSPS) is 23.2. The minimum absolute atomic E-state index is 0.0658. The molecule has 2 aromatic rings. The van der Waals surface area contributed by atoms with Gasteiger partial charge in [-0.15, -0.1) is 0 Å². The van der Waals surface area contributed by atoms with E-state index < -0.39 is 12.2 Å². The van der Waals surface area contributed by atoms with Gasteiger partial charge < -0.3 is 14.9 Å². The molecular formula is C20H28ClN3O3. The number of aliphatic hydroxyl groups excluding tert-OH is 2. The Bertz CT molecular complexity index is 696. The molecule has 0 amide bonds. The van der Waals surface area contributed by atoms with Gasteiger partial charge in [0.15, 0.2) is 0 Å². The van der Waals surface area contributed by atoms with Crippen LogP contribution >= 0.6 is 11.6 Å². The molecule has 0 fully saturated rings. The van der Waals surface area contributed by atoms with Crippen LogP contribution in [0.4, 0.5) is 0 Å². The number of nitrogens with one attached hydrogen (secondary N) is 1. The molecule has 0 bridgehead atoms. The molecule has 1 aliphatic rings. The molecular weight excluding hydrogens is 366 g/mol. The molecule has 1 aromatic carbocycles. The number of aryl methyl sites for hydroxylation is 1. The van der Waals surface area contributed by atoms with E-state index in [1.54, 1.807) is 12.3 Å². The Balaban J connectivity index is 1.66. The third kappa shape index (κ3) is 6.21. The largest absolute Gasteiger partial charge is 0.491 e. The van der Waals surface area contributed by atoms with Crippen molar-refractivity contribution < 1.29 is 14.9 Å². The van der Waals surface area contributed by atoms with Crippen molar-refractivity contribution in [1.82, 2.24) is 15.1 Å². The van der Waals surface area contributed by atoms with Crippen molar-refractivity contribution in [3.8, 4) is 5.75 Å². The molecule has 3 rings (SSSR count). The second-order valence-electron chi connectivity index (χ2n) is 7.16. The highest BCUT2D eigenvalue weighted by Gasteiger charge is 2.20.